The van der Waals surface area contributed by atoms with Crippen molar-refractivity contribution in [1.29, 1.82) is 0 Å². The highest BCUT2D eigenvalue weighted by Crippen LogP contribution is 2.22. The molecule has 4 nitrogen and oxygen atoms in total. The largest absolute Gasteiger partial charge is 0.481 e. The first-order valence-electron chi connectivity index (χ1n) is 4.57. The molecule has 4 heteroatoms. The molecule has 14 heavy (non-hydrogen) atoms. The fourth-order valence-corrected chi connectivity index (χ4v) is 1.11. The van der Waals surface area contributed by atoms with Crippen LogP contribution < -0.4 is 0 Å². The number of aliphatic carboxylic acids is 1. The lowest BCUT2D eigenvalue weighted by atomic mass is 9.97. The zero-order valence-corrected chi connectivity index (χ0v) is 8.58. The van der Waals surface area contributed by atoms with Gasteiger partial charge in [0.25, 0.3) is 0 Å². The summed E-state index contributed by atoms with van der Waals surface area (Å²) in [5.41, 5.74) is -0.716. The number of esters is 1. The number of carbonyl (C=O) groups excluding carboxylic acids is 1. The van der Waals surface area contributed by atoms with Crippen LogP contribution in [0.15, 0.2) is 12.7 Å². The van der Waals surface area contributed by atoms with Gasteiger partial charge in [-0.3, -0.25) is 9.59 Å². The number of rotatable bonds is 6. The summed E-state index contributed by atoms with van der Waals surface area (Å²) in [6.45, 7) is 7.30. The van der Waals surface area contributed by atoms with Crippen LogP contribution in [0.2, 0.25) is 0 Å². The molecule has 0 heterocycles. The predicted molar refractivity (Wildman–Crippen MR) is 51.9 cm³/mol. The van der Waals surface area contributed by atoms with Gasteiger partial charge in [-0.2, -0.15) is 0 Å². The van der Waals surface area contributed by atoms with Crippen LogP contribution in [0, 0.1) is 0 Å². The molecule has 0 aromatic rings. The molecule has 0 aliphatic rings. The monoisotopic (exact) mass is 200 g/mol. The van der Waals surface area contributed by atoms with E-state index in [9.17, 15) is 9.59 Å². The van der Waals surface area contributed by atoms with Gasteiger partial charge in [-0.05, 0) is 18.9 Å². The van der Waals surface area contributed by atoms with E-state index in [1.165, 1.54) is 0 Å². The second kappa shape index (κ2) is 5.42. The molecule has 0 unspecified atom stereocenters. The van der Waals surface area contributed by atoms with Crippen LogP contribution in [0.1, 0.15) is 33.1 Å². The van der Waals surface area contributed by atoms with Crippen molar-refractivity contribution in [2.75, 3.05) is 0 Å². The molecular weight excluding hydrogens is 184 g/mol. The van der Waals surface area contributed by atoms with Gasteiger partial charge in [-0.15, -0.1) is 0 Å². The van der Waals surface area contributed by atoms with E-state index in [2.05, 4.69) is 6.58 Å². The average molecular weight is 200 g/mol. The highest BCUT2D eigenvalue weighted by Gasteiger charge is 2.27. The molecule has 80 valence electrons. The summed E-state index contributed by atoms with van der Waals surface area (Å²) in [5, 5.41) is 8.37. The van der Waals surface area contributed by atoms with Gasteiger partial charge in [-0.1, -0.05) is 20.4 Å². The van der Waals surface area contributed by atoms with Crippen molar-refractivity contribution in [2.24, 2.45) is 0 Å². The Morgan fingerprint density at radius 3 is 2.21 bits per heavy atom. The standard InChI is InChI=1S/C10H16O4/c1-4-10(5-2,6-3)14-9(13)7-8(11)12/h4H,1,5-7H2,2-3H3,(H,11,12). The molecule has 0 radical (unpaired) electrons. The van der Waals surface area contributed by atoms with Crippen molar-refractivity contribution in [3.8, 4) is 0 Å². The van der Waals surface area contributed by atoms with Crippen molar-refractivity contribution in [3.63, 3.8) is 0 Å². The topological polar surface area (TPSA) is 63.6 Å². The van der Waals surface area contributed by atoms with E-state index in [-0.39, 0.29) is 0 Å². The van der Waals surface area contributed by atoms with Gasteiger partial charge in [0.2, 0.25) is 0 Å². The van der Waals surface area contributed by atoms with Gasteiger partial charge in [0.1, 0.15) is 12.0 Å². The molecule has 0 aromatic carbocycles. The lowest BCUT2D eigenvalue weighted by molar-refractivity contribution is -0.160. The third-order valence-corrected chi connectivity index (χ3v) is 2.18. The molecule has 0 spiro atoms. The second-order valence-corrected chi connectivity index (χ2v) is 3.02. The number of ether oxygens (including phenoxy) is 1. The molecule has 0 saturated carbocycles. The first-order valence-corrected chi connectivity index (χ1v) is 4.57. The third kappa shape index (κ3) is 3.60. The van der Waals surface area contributed by atoms with Crippen LogP contribution in [-0.4, -0.2) is 22.6 Å². The van der Waals surface area contributed by atoms with Gasteiger partial charge in [0, 0.05) is 0 Å². The molecule has 0 aliphatic carbocycles. The minimum absolute atomic E-state index is 0.596. The number of hydrogen-bond donors (Lipinski definition) is 1. The van der Waals surface area contributed by atoms with Crippen LogP contribution in [0.25, 0.3) is 0 Å². The zero-order valence-electron chi connectivity index (χ0n) is 8.58. The van der Waals surface area contributed by atoms with Crippen LogP contribution in [0.3, 0.4) is 0 Å². The van der Waals surface area contributed by atoms with E-state index >= 15 is 0 Å². The van der Waals surface area contributed by atoms with Gasteiger partial charge in [0.05, 0.1) is 0 Å². The molecule has 0 saturated heterocycles. The van der Waals surface area contributed by atoms with Crippen LogP contribution in [0.4, 0.5) is 0 Å². The molecule has 0 bridgehead atoms. The summed E-state index contributed by atoms with van der Waals surface area (Å²) in [6, 6.07) is 0. The summed E-state index contributed by atoms with van der Waals surface area (Å²) in [7, 11) is 0. The van der Waals surface area contributed by atoms with Gasteiger partial charge < -0.3 is 9.84 Å². The smallest absolute Gasteiger partial charge is 0.318 e. The highest BCUT2D eigenvalue weighted by molar-refractivity contribution is 5.90. The van der Waals surface area contributed by atoms with Gasteiger partial charge in [-0.25, -0.2) is 0 Å². The Morgan fingerprint density at radius 1 is 1.43 bits per heavy atom. The minimum Gasteiger partial charge on any atom is -0.481 e. The molecule has 0 aliphatic heterocycles. The number of carboxylic acids is 1. The lowest BCUT2D eigenvalue weighted by Gasteiger charge is -2.27. The summed E-state index contributed by atoms with van der Waals surface area (Å²) in [4.78, 5) is 21.3. The van der Waals surface area contributed by atoms with E-state index in [1.807, 2.05) is 13.8 Å². The van der Waals surface area contributed by atoms with Gasteiger partial charge >= 0.3 is 11.9 Å². The SMILES string of the molecule is C=CC(CC)(CC)OC(=O)CC(=O)O. The van der Waals surface area contributed by atoms with Crippen molar-refractivity contribution < 1.29 is 19.4 Å². The Hall–Kier alpha value is -1.32. The summed E-state index contributed by atoms with van der Waals surface area (Å²) in [6.07, 6.45) is 2.14. The van der Waals surface area contributed by atoms with E-state index in [0.29, 0.717) is 12.8 Å². The Bertz CT molecular complexity index is 228. The van der Waals surface area contributed by atoms with Crippen molar-refractivity contribution in [1.82, 2.24) is 0 Å². The van der Waals surface area contributed by atoms with E-state index in [1.54, 1.807) is 6.08 Å². The fourth-order valence-electron chi connectivity index (χ4n) is 1.11. The maximum Gasteiger partial charge on any atom is 0.318 e. The quantitative estimate of drug-likeness (QED) is 0.403. The number of carboxylic acid groups (broad SMARTS) is 1. The van der Waals surface area contributed by atoms with Gasteiger partial charge in [0.15, 0.2) is 0 Å². The Kier molecular flexibility index (Phi) is 4.91. The van der Waals surface area contributed by atoms with E-state index < -0.39 is 24.0 Å². The molecule has 1 N–H and O–H groups in total. The lowest BCUT2D eigenvalue weighted by Crippen LogP contribution is -2.32. The second-order valence-electron chi connectivity index (χ2n) is 3.02. The Labute approximate surface area is 83.6 Å². The molecule has 0 rings (SSSR count). The predicted octanol–water partition coefficient (Wildman–Crippen LogP) is 1.75. The molecule has 0 atom stereocenters. The first kappa shape index (κ1) is 12.7. The first-order chi connectivity index (χ1) is 6.49. The Balaban J connectivity index is 4.37. The summed E-state index contributed by atoms with van der Waals surface area (Å²) < 4.78 is 5.06. The highest BCUT2D eigenvalue weighted by atomic mass is 16.6. The minimum atomic E-state index is -1.18. The molecular formula is C10H16O4. The molecule has 0 amide bonds. The van der Waals surface area contributed by atoms with Crippen LogP contribution in [0.5, 0.6) is 0 Å². The molecule has 0 aromatic heterocycles. The Morgan fingerprint density at radius 2 is 1.93 bits per heavy atom. The average Bonchev–Trinajstić information content (AvgIpc) is 2.13. The zero-order chi connectivity index (χ0) is 11.2. The fraction of sp³-hybridized carbons (Fsp3) is 0.600. The van der Waals surface area contributed by atoms with E-state index in [4.69, 9.17) is 9.84 Å². The maximum atomic E-state index is 11.1. The summed E-state index contributed by atoms with van der Waals surface area (Å²) in [5.74, 6) is -1.90. The molecule has 0 fully saturated rings. The maximum absolute atomic E-state index is 11.1. The third-order valence-electron chi connectivity index (χ3n) is 2.18. The van der Waals surface area contributed by atoms with Crippen molar-refractivity contribution in [2.45, 2.75) is 38.7 Å². The summed E-state index contributed by atoms with van der Waals surface area (Å²) >= 11 is 0. The van der Waals surface area contributed by atoms with Crippen molar-refractivity contribution >= 4 is 11.9 Å². The number of carbonyl (C=O) groups is 2. The normalized spacial score (nSPS) is 10.7. The van der Waals surface area contributed by atoms with Crippen LogP contribution >= 0.6 is 0 Å². The van der Waals surface area contributed by atoms with E-state index in [0.717, 1.165) is 0 Å². The van der Waals surface area contributed by atoms with Crippen LogP contribution in [-0.2, 0) is 14.3 Å². The van der Waals surface area contributed by atoms with Crippen molar-refractivity contribution in [3.05, 3.63) is 12.7 Å². The number of hydrogen-bond acceptors (Lipinski definition) is 3.